The van der Waals surface area contributed by atoms with Crippen LogP contribution in [0.25, 0.3) is 11.1 Å². The number of anilines is 1. The van der Waals surface area contributed by atoms with Crippen LogP contribution in [0.5, 0.6) is 0 Å². The number of aryl methyl sites for hydroxylation is 2. The van der Waals surface area contributed by atoms with Crippen molar-refractivity contribution in [3.63, 3.8) is 0 Å². The number of halogens is 1. The Bertz CT molecular complexity index is 1460. The van der Waals surface area contributed by atoms with Crippen LogP contribution in [0.4, 0.5) is 5.82 Å². The summed E-state index contributed by atoms with van der Waals surface area (Å²) in [5, 5.41) is 14.8. The first-order valence-electron chi connectivity index (χ1n) is 15.3. The third-order valence-electron chi connectivity index (χ3n) is 8.47. The zero-order chi connectivity index (χ0) is 30.9. The highest BCUT2D eigenvalue weighted by atomic mass is 35.5. The van der Waals surface area contributed by atoms with Crippen molar-refractivity contribution in [2.24, 2.45) is 17.8 Å². The molecule has 232 valence electrons. The van der Waals surface area contributed by atoms with Crippen LogP contribution in [0.2, 0.25) is 30.8 Å². The molecule has 1 atom stereocenters. The van der Waals surface area contributed by atoms with Gasteiger partial charge in [-0.25, -0.2) is 9.67 Å². The molecule has 3 heterocycles. The Hall–Kier alpha value is -3.02. The van der Waals surface area contributed by atoms with E-state index in [1.165, 1.54) is 6.26 Å². The van der Waals surface area contributed by atoms with E-state index < -0.39 is 14.1 Å². The monoisotopic (exact) mass is 626 g/mol. The summed E-state index contributed by atoms with van der Waals surface area (Å²) in [4.78, 5) is 31.6. The summed E-state index contributed by atoms with van der Waals surface area (Å²) in [6.45, 7) is 13.9. The molecular weight excluding hydrogens is 584 g/mol. The molecule has 2 amide bonds. The van der Waals surface area contributed by atoms with Crippen LogP contribution in [0.1, 0.15) is 60.0 Å². The van der Waals surface area contributed by atoms with Gasteiger partial charge < -0.3 is 19.9 Å². The van der Waals surface area contributed by atoms with E-state index in [2.05, 4.69) is 45.5 Å². The lowest BCUT2D eigenvalue weighted by molar-refractivity contribution is -0.119. The number of pyridine rings is 1. The van der Waals surface area contributed by atoms with E-state index in [1.54, 1.807) is 6.07 Å². The first-order chi connectivity index (χ1) is 20.5. The molecule has 12 heteroatoms. The van der Waals surface area contributed by atoms with Crippen LogP contribution in [-0.2, 0) is 22.7 Å². The summed E-state index contributed by atoms with van der Waals surface area (Å²) >= 11 is 6.71. The number of hydrogen-bond acceptors (Lipinski definition) is 7. The Morgan fingerprint density at radius 1 is 1.16 bits per heavy atom. The maximum Gasteiger partial charge on any atom is 0.257 e. The molecule has 5 rings (SSSR count). The van der Waals surface area contributed by atoms with E-state index in [-0.39, 0.29) is 22.9 Å². The predicted octanol–water partition coefficient (Wildman–Crippen LogP) is 6.25. The second kappa shape index (κ2) is 12.9. The highest BCUT2D eigenvalue weighted by molar-refractivity contribution is 6.76. The third-order valence-corrected chi connectivity index (χ3v) is 10.5. The fraction of sp³-hybridized carbons (Fsp3) is 0.581. The SMILES string of the molecule is CCc1nocc1C(=O)N[C@H](C(=O)Nc1ccc(-c2c(C)nn(COCC[Si](C)(C)C)c2C)c(Cl)n1)C(C1CC1)C1CC1. The smallest absolute Gasteiger partial charge is 0.257 e. The van der Waals surface area contributed by atoms with Crippen molar-refractivity contribution < 1.29 is 18.8 Å². The molecule has 10 nitrogen and oxygen atoms in total. The van der Waals surface area contributed by atoms with Crippen molar-refractivity contribution in [2.45, 2.75) is 91.3 Å². The number of rotatable bonds is 14. The van der Waals surface area contributed by atoms with E-state index in [1.807, 2.05) is 31.5 Å². The van der Waals surface area contributed by atoms with Crippen molar-refractivity contribution in [1.82, 2.24) is 25.2 Å². The number of ether oxygens (including phenoxy) is 1. The van der Waals surface area contributed by atoms with Crippen LogP contribution in [0.3, 0.4) is 0 Å². The van der Waals surface area contributed by atoms with Gasteiger partial charge in [-0.15, -0.1) is 0 Å². The number of hydrogen-bond donors (Lipinski definition) is 2. The molecule has 2 fully saturated rings. The van der Waals surface area contributed by atoms with E-state index in [0.29, 0.717) is 48.7 Å². The van der Waals surface area contributed by atoms with E-state index in [0.717, 1.165) is 54.2 Å². The number of aromatic nitrogens is 4. The Morgan fingerprint density at radius 3 is 2.47 bits per heavy atom. The Labute approximate surface area is 259 Å². The fourth-order valence-corrected chi connectivity index (χ4v) is 6.79. The topological polar surface area (TPSA) is 124 Å². The zero-order valence-electron chi connectivity index (χ0n) is 26.0. The average molecular weight is 627 g/mol. The van der Waals surface area contributed by atoms with Gasteiger partial charge in [-0.1, -0.05) is 43.3 Å². The minimum Gasteiger partial charge on any atom is -0.364 e. The number of amides is 2. The number of carbonyl (C=O) groups excluding carboxylic acids is 2. The molecule has 0 aliphatic heterocycles. The molecule has 0 bridgehead atoms. The van der Waals surface area contributed by atoms with Crippen molar-refractivity contribution in [2.75, 3.05) is 11.9 Å². The summed E-state index contributed by atoms with van der Waals surface area (Å²) in [6.07, 6.45) is 6.19. The lowest BCUT2D eigenvalue weighted by Gasteiger charge is -2.27. The standard InChI is InChI=1S/C31H43ClN6O4Si/c1-7-24-23(16-42-37-24)30(39)35-28(27(20-8-9-20)21-10-11-21)31(40)34-25-13-12-22(29(32)33-25)26-18(2)36-38(19(26)3)17-41-14-15-43(4,5)6/h12-13,16,20-21,27-28H,7-11,14-15,17H2,1-6H3,(H,35,39)(H,33,34,40)/t28-/m0/s1. The van der Waals surface area contributed by atoms with E-state index >= 15 is 0 Å². The summed E-state index contributed by atoms with van der Waals surface area (Å²) < 4.78 is 12.8. The van der Waals surface area contributed by atoms with Crippen LogP contribution >= 0.6 is 11.6 Å². The minimum atomic E-state index is -1.17. The fourth-order valence-electron chi connectivity index (χ4n) is 5.78. The summed E-state index contributed by atoms with van der Waals surface area (Å²) in [7, 11) is -1.17. The molecule has 0 spiro atoms. The average Bonchev–Trinajstić information content (AvgIpc) is 3.88. The van der Waals surface area contributed by atoms with Gasteiger partial charge in [0.1, 0.15) is 35.6 Å². The molecule has 0 unspecified atom stereocenters. The number of nitrogens with zero attached hydrogens (tertiary/aromatic N) is 4. The predicted molar refractivity (Wildman–Crippen MR) is 169 cm³/mol. The maximum atomic E-state index is 13.8. The number of nitrogens with one attached hydrogen (secondary N) is 2. The van der Waals surface area contributed by atoms with Gasteiger partial charge in [-0.3, -0.25) is 9.59 Å². The lowest BCUT2D eigenvalue weighted by atomic mass is 9.88. The molecule has 2 aliphatic rings. The molecule has 3 aromatic rings. The third kappa shape index (κ3) is 7.56. The molecule has 2 saturated carbocycles. The molecule has 43 heavy (non-hydrogen) atoms. The van der Waals surface area contributed by atoms with E-state index in [4.69, 9.17) is 20.9 Å². The molecule has 0 saturated heterocycles. The van der Waals surface area contributed by atoms with Gasteiger partial charge in [0.05, 0.1) is 11.4 Å². The van der Waals surface area contributed by atoms with Gasteiger partial charge in [0.2, 0.25) is 5.91 Å². The van der Waals surface area contributed by atoms with Crippen molar-refractivity contribution in [3.05, 3.63) is 46.2 Å². The molecule has 2 N–H and O–H groups in total. The van der Waals surface area contributed by atoms with Crippen LogP contribution in [0.15, 0.2) is 22.9 Å². The normalized spacial score (nSPS) is 16.0. The van der Waals surface area contributed by atoms with Gasteiger partial charge in [0, 0.05) is 31.5 Å². The van der Waals surface area contributed by atoms with Gasteiger partial charge in [-0.2, -0.15) is 5.10 Å². The first kappa shape index (κ1) is 31.4. The summed E-state index contributed by atoms with van der Waals surface area (Å²) in [5.74, 6) is 0.625. The van der Waals surface area contributed by atoms with Gasteiger partial charge in [0.25, 0.3) is 5.91 Å². The molecule has 2 aliphatic carbocycles. The van der Waals surface area contributed by atoms with Crippen LogP contribution < -0.4 is 10.6 Å². The zero-order valence-corrected chi connectivity index (χ0v) is 27.8. The van der Waals surface area contributed by atoms with Crippen LogP contribution in [-0.4, -0.2) is 52.5 Å². The highest BCUT2D eigenvalue weighted by Gasteiger charge is 2.48. The summed E-state index contributed by atoms with van der Waals surface area (Å²) in [6, 6.07) is 4.00. The molecule has 0 radical (unpaired) electrons. The summed E-state index contributed by atoms with van der Waals surface area (Å²) in [5.41, 5.74) is 4.33. The second-order valence-electron chi connectivity index (χ2n) is 13.1. The maximum absolute atomic E-state index is 13.8. The van der Waals surface area contributed by atoms with Crippen LogP contribution in [0, 0.1) is 31.6 Å². The van der Waals surface area contributed by atoms with Gasteiger partial charge in [0.15, 0.2) is 0 Å². The molecule has 3 aromatic heterocycles. The Morgan fingerprint density at radius 2 is 1.86 bits per heavy atom. The van der Waals surface area contributed by atoms with Crippen molar-refractivity contribution in [3.8, 4) is 11.1 Å². The quantitative estimate of drug-likeness (QED) is 0.123. The molecular formula is C31H43ClN6O4Si. The highest BCUT2D eigenvalue weighted by Crippen LogP contribution is 2.51. The van der Waals surface area contributed by atoms with Gasteiger partial charge in [-0.05, 0) is 81.9 Å². The Kier molecular flexibility index (Phi) is 9.43. The number of carbonyl (C=O) groups is 2. The minimum absolute atomic E-state index is 0.0766. The lowest BCUT2D eigenvalue weighted by Crippen LogP contribution is -2.50. The van der Waals surface area contributed by atoms with E-state index in [9.17, 15) is 9.59 Å². The second-order valence-corrected chi connectivity index (χ2v) is 19.1. The molecule has 0 aromatic carbocycles. The Balaban J connectivity index is 1.31. The van der Waals surface area contributed by atoms with Gasteiger partial charge >= 0.3 is 0 Å². The largest absolute Gasteiger partial charge is 0.364 e. The first-order valence-corrected chi connectivity index (χ1v) is 19.4. The van der Waals surface area contributed by atoms with Crippen molar-refractivity contribution in [1.29, 1.82) is 0 Å². The van der Waals surface area contributed by atoms with Crippen molar-refractivity contribution >= 4 is 37.3 Å².